The standard InChI is InChI=1S/C12H11ClN2O4S2/c1-12(19,11(17)18)5-14-9(16)6-4-20-10(15-6)7-2-3-8(13)21-7/h2-4,19H,5H2,1H3,(H,14,16)(H,17,18). The predicted molar refractivity (Wildman–Crippen MR) is 81.0 cm³/mol. The minimum absolute atomic E-state index is 0.167. The number of nitrogens with zero attached hydrogens (tertiary/aromatic N) is 1. The van der Waals surface area contributed by atoms with Crippen molar-refractivity contribution in [3.05, 3.63) is 27.5 Å². The van der Waals surface area contributed by atoms with Crippen LogP contribution in [0.25, 0.3) is 9.88 Å². The predicted octanol–water partition coefficient (Wildman–Crippen LogP) is 2.09. The molecule has 0 aromatic carbocycles. The van der Waals surface area contributed by atoms with Crippen LogP contribution < -0.4 is 5.32 Å². The zero-order valence-electron chi connectivity index (χ0n) is 10.8. The molecule has 2 aromatic rings. The summed E-state index contributed by atoms with van der Waals surface area (Å²) in [4.78, 5) is 27.6. The van der Waals surface area contributed by atoms with Crippen LogP contribution in [0.5, 0.6) is 0 Å². The van der Waals surface area contributed by atoms with Gasteiger partial charge in [-0.1, -0.05) is 11.6 Å². The van der Waals surface area contributed by atoms with E-state index in [9.17, 15) is 14.7 Å². The molecule has 1 amide bonds. The Bertz CT molecular complexity index is 680. The smallest absolute Gasteiger partial charge is 0.337 e. The third-order valence-electron chi connectivity index (χ3n) is 2.57. The number of aromatic nitrogens is 1. The molecule has 2 heterocycles. The molecule has 2 rings (SSSR count). The van der Waals surface area contributed by atoms with E-state index in [0.717, 1.165) is 11.8 Å². The molecule has 0 bridgehead atoms. The molecule has 9 heteroatoms. The van der Waals surface area contributed by atoms with Crippen LogP contribution in [0, 0.1) is 0 Å². The van der Waals surface area contributed by atoms with Gasteiger partial charge in [-0.3, -0.25) is 4.79 Å². The molecule has 0 aliphatic carbocycles. The molecule has 0 saturated heterocycles. The summed E-state index contributed by atoms with van der Waals surface area (Å²) in [6.45, 7) is 0.703. The van der Waals surface area contributed by atoms with Crippen molar-refractivity contribution in [2.45, 2.75) is 12.5 Å². The summed E-state index contributed by atoms with van der Waals surface area (Å²) in [6.07, 6.45) is 0. The summed E-state index contributed by atoms with van der Waals surface area (Å²) < 4.78 is 0.628. The summed E-state index contributed by atoms with van der Waals surface area (Å²) in [5.74, 6) is -1.95. The topological polar surface area (TPSA) is 99.5 Å². The van der Waals surface area contributed by atoms with Crippen molar-refractivity contribution in [3.63, 3.8) is 0 Å². The van der Waals surface area contributed by atoms with E-state index < -0.39 is 24.0 Å². The first-order chi connectivity index (χ1) is 9.79. The second-order valence-electron chi connectivity index (χ2n) is 4.40. The number of halogens is 1. The van der Waals surface area contributed by atoms with Crippen LogP contribution in [0.2, 0.25) is 4.34 Å². The third-order valence-corrected chi connectivity index (χ3v) is 4.82. The molecule has 0 radical (unpaired) electrons. The minimum Gasteiger partial charge on any atom is -0.479 e. The molecule has 21 heavy (non-hydrogen) atoms. The second-order valence-corrected chi connectivity index (χ2v) is 6.98. The third kappa shape index (κ3) is 3.79. The number of hydrogen-bond acceptors (Lipinski definition) is 6. The Balaban J connectivity index is 2.04. The quantitative estimate of drug-likeness (QED) is 0.769. The van der Waals surface area contributed by atoms with Gasteiger partial charge in [-0.25, -0.2) is 9.78 Å². The van der Waals surface area contributed by atoms with E-state index in [-0.39, 0.29) is 5.69 Å². The Morgan fingerprint density at radius 2 is 2.19 bits per heavy atom. The Morgan fingerprint density at radius 1 is 1.48 bits per heavy atom. The number of carbonyl (C=O) groups excluding carboxylic acids is 1. The fourth-order valence-electron chi connectivity index (χ4n) is 1.34. The van der Waals surface area contributed by atoms with Gasteiger partial charge in [-0.15, -0.1) is 22.7 Å². The molecule has 2 aromatic heterocycles. The molecule has 0 aliphatic rings. The summed E-state index contributed by atoms with van der Waals surface area (Å²) >= 11 is 8.48. The minimum atomic E-state index is -2.02. The Labute approximate surface area is 133 Å². The van der Waals surface area contributed by atoms with Crippen LogP contribution in [-0.4, -0.2) is 39.2 Å². The fourth-order valence-corrected chi connectivity index (χ4v) is 3.25. The van der Waals surface area contributed by atoms with Gasteiger partial charge >= 0.3 is 5.97 Å². The number of aliphatic carboxylic acids is 1. The van der Waals surface area contributed by atoms with Crippen molar-refractivity contribution >= 4 is 46.2 Å². The average Bonchev–Trinajstić information content (AvgIpc) is 3.04. The van der Waals surface area contributed by atoms with E-state index >= 15 is 0 Å². The largest absolute Gasteiger partial charge is 0.479 e. The molecular formula is C12H11ClN2O4S2. The highest BCUT2D eigenvalue weighted by Gasteiger charge is 2.30. The van der Waals surface area contributed by atoms with Crippen molar-refractivity contribution in [1.82, 2.24) is 10.3 Å². The summed E-state index contributed by atoms with van der Waals surface area (Å²) in [5, 5.41) is 22.8. The molecule has 1 atom stereocenters. The number of nitrogens with one attached hydrogen (secondary N) is 1. The molecule has 0 aliphatic heterocycles. The number of rotatable bonds is 5. The Kier molecular flexibility index (Phi) is 4.62. The van der Waals surface area contributed by atoms with Crippen molar-refractivity contribution in [2.24, 2.45) is 0 Å². The highest BCUT2D eigenvalue weighted by Crippen LogP contribution is 2.32. The number of carbonyl (C=O) groups is 2. The fraction of sp³-hybridized carbons (Fsp3) is 0.250. The highest BCUT2D eigenvalue weighted by molar-refractivity contribution is 7.23. The number of aliphatic hydroxyl groups is 1. The van der Waals surface area contributed by atoms with Crippen molar-refractivity contribution in [3.8, 4) is 9.88 Å². The monoisotopic (exact) mass is 346 g/mol. The number of amides is 1. The lowest BCUT2D eigenvalue weighted by molar-refractivity contribution is -0.155. The summed E-state index contributed by atoms with van der Waals surface area (Å²) in [5.41, 5.74) is -1.85. The summed E-state index contributed by atoms with van der Waals surface area (Å²) in [6, 6.07) is 3.55. The van der Waals surface area contributed by atoms with Crippen molar-refractivity contribution in [1.29, 1.82) is 0 Å². The molecule has 3 N–H and O–H groups in total. The van der Waals surface area contributed by atoms with E-state index in [0.29, 0.717) is 9.34 Å². The maximum atomic E-state index is 11.9. The van der Waals surface area contributed by atoms with E-state index in [1.54, 1.807) is 11.4 Å². The summed E-state index contributed by atoms with van der Waals surface area (Å²) in [7, 11) is 0. The maximum Gasteiger partial charge on any atom is 0.337 e. The molecule has 0 saturated carbocycles. The normalized spacial score (nSPS) is 13.7. The van der Waals surface area contributed by atoms with Crippen LogP contribution in [0.1, 0.15) is 17.4 Å². The van der Waals surface area contributed by atoms with Crippen LogP contribution in [0.3, 0.4) is 0 Å². The zero-order chi connectivity index (χ0) is 15.6. The van der Waals surface area contributed by atoms with Gasteiger partial charge in [-0.2, -0.15) is 0 Å². The number of carboxylic acid groups (broad SMARTS) is 1. The first-order valence-electron chi connectivity index (χ1n) is 5.75. The SMILES string of the molecule is CC(O)(CNC(=O)c1csc(-c2ccc(Cl)s2)n1)C(=O)O. The van der Waals surface area contributed by atoms with Crippen LogP contribution >= 0.6 is 34.3 Å². The number of hydrogen-bond donors (Lipinski definition) is 3. The highest BCUT2D eigenvalue weighted by atomic mass is 35.5. The first-order valence-corrected chi connectivity index (χ1v) is 7.82. The molecule has 112 valence electrons. The van der Waals surface area contributed by atoms with Gasteiger partial charge in [0, 0.05) is 5.38 Å². The van der Waals surface area contributed by atoms with Crippen LogP contribution in [-0.2, 0) is 4.79 Å². The zero-order valence-corrected chi connectivity index (χ0v) is 13.2. The Hall–Kier alpha value is -1.48. The van der Waals surface area contributed by atoms with Crippen molar-refractivity contribution in [2.75, 3.05) is 6.54 Å². The number of thiazole rings is 1. The van der Waals surface area contributed by atoms with Gasteiger partial charge in [-0.05, 0) is 19.1 Å². The van der Waals surface area contributed by atoms with E-state index in [1.807, 2.05) is 6.07 Å². The molecular weight excluding hydrogens is 336 g/mol. The lowest BCUT2D eigenvalue weighted by atomic mass is 10.1. The van der Waals surface area contributed by atoms with Crippen LogP contribution in [0.4, 0.5) is 0 Å². The molecule has 0 fully saturated rings. The number of thiophene rings is 1. The lowest BCUT2D eigenvalue weighted by Gasteiger charge is -2.17. The average molecular weight is 347 g/mol. The molecule has 0 spiro atoms. The first kappa shape index (κ1) is 15.9. The van der Waals surface area contributed by atoms with Crippen LogP contribution in [0.15, 0.2) is 17.5 Å². The van der Waals surface area contributed by atoms with Gasteiger partial charge in [0.25, 0.3) is 5.91 Å². The Morgan fingerprint density at radius 3 is 2.76 bits per heavy atom. The van der Waals surface area contributed by atoms with Crippen molar-refractivity contribution < 1.29 is 19.8 Å². The van der Waals surface area contributed by atoms with Gasteiger partial charge in [0.05, 0.1) is 15.8 Å². The molecule has 6 nitrogen and oxygen atoms in total. The van der Waals surface area contributed by atoms with Gasteiger partial charge in [0.2, 0.25) is 0 Å². The maximum absolute atomic E-state index is 11.9. The van der Waals surface area contributed by atoms with E-state index in [1.165, 1.54) is 22.7 Å². The van der Waals surface area contributed by atoms with Gasteiger partial charge in [0.15, 0.2) is 5.60 Å². The number of carboxylic acids is 1. The van der Waals surface area contributed by atoms with Gasteiger partial charge < -0.3 is 15.5 Å². The van der Waals surface area contributed by atoms with E-state index in [2.05, 4.69) is 10.3 Å². The lowest BCUT2D eigenvalue weighted by Crippen LogP contribution is -2.46. The molecule has 1 unspecified atom stereocenters. The van der Waals surface area contributed by atoms with Gasteiger partial charge in [0.1, 0.15) is 10.7 Å². The van der Waals surface area contributed by atoms with E-state index in [4.69, 9.17) is 16.7 Å². The second kappa shape index (κ2) is 6.10.